The largest absolute Gasteiger partial charge is 0.444 e. The van der Waals surface area contributed by atoms with E-state index in [4.69, 9.17) is 4.74 Å². The third kappa shape index (κ3) is 3.22. The fourth-order valence-electron chi connectivity index (χ4n) is 4.08. The number of ketones is 1. The van der Waals surface area contributed by atoms with Crippen LogP contribution >= 0.6 is 0 Å². The van der Waals surface area contributed by atoms with Crippen LogP contribution in [-0.4, -0.2) is 64.3 Å². The number of likely N-dealkylation sites (tertiary alicyclic amines) is 1. The van der Waals surface area contributed by atoms with Crippen LogP contribution in [-0.2, 0) is 4.74 Å². The zero-order chi connectivity index (χ0) is 19.0. The van der Waals surface area contributed by atoms with Gasteiger partial charge in [0.1, 0.15) is 11.8 Å². The number of ether oxygens (including phenoxy) is 1. The number of aryl methyl sites for hydroxylation is 1. The first-order chi connectivity index (χ1) is 12.3. The number of piperidine rings is 1. The molecule has 142 valence electrons. The van der Waals surface area contributed by atoms with Crippen LogP contribution in [0.2, 0.25) is 0 Å². The van der Waals surface area contributed by atoms with Gasteiger partial charge in [0.15, 0.2) is 5.78 Å². The lowest BCUT2D eigenvalue weighted by atomic mass is 10.0. The summed E-state index contributed by atoms with van der Waals surface area (Å²) in [6.45, 7) is 8.99. The van der Waals surface area contributed by atoms with Gasteiger partial charge in [-0.15, -0.1) is 0 Å². The predicted octanol–water partition coefficient (Wildman–Crippen LogP) is 2.67. The van der Waals surface area contributed by atoms with Crippen LogP contribution in [0.3, 0.4) is 0 Å². The number of aromatic nitrogens is 1. The van der Waals surface area contributed by atoms with Crippen LogP contribution in [0.15, 0.2) is 0 Å². The molecule has 2 aliphatic rings. The number of nitrogens with zero attached hydrogens (tertiary/aromatic N) is 2. The summed E-state index contributed by atoms with van der Waals surface area (Å²) in [6.07, 6.45) is 2.06. The number of hydrogen-bond donors (Lipinski definition) is 1. The smallest absolute Gasteiger partial charge is 0.410 e. The summed E-state index contributed by atoms with van der Waals surface area (Å²) in [5.41, 5.74) is 2.56. The second kappa shape index (κ2) is 7.13. The Bertz CT molecular complexity index is 731. The van der Waals surface area contributed by atoms with E-state index in [0.29, 0.717) is 30.9 Å². The van der Waals surface area contributed by atoms with Crippen molar-refractivity contribution in [3.63, 3.8) is 0 Å². The molecule has 0 saturated carbocycles. The van der Waals surface area contributed by atoms with Gasteiger partial charge in [0.2, 0.25) is 0 Å². The molecule has 2 fully saturated rings. The maximum absolute atomic E-state index is 12.9. The van der Waals surface area contributed by atoms with Crippen molar-refractivity contribution in [2.45, 2.75) is 59.1 Å². The van der Waals surface area contributed by atoms with E-state index in [-0.39, 0.29) is 29.9 Å². The molecule has 2 aliphatic heterocycles. The highest BCUT2D eigenvalue weighted by molar-refractivity contribution is 6.02. The Hall–Kier alpha value is -2.31. The molecule has 0 spiro atoms. The number of H-pyrrole nitrogens is 1. The number of rotatable bonds is 4. The number of cyclic esters (lactones) is 1. The first-order valence-electron chi connectivity index (χ1n) is 9.30. The maximum atomic E-state index is 12.9. The zero-order valence-corrected chi connectivity index (χ0v) is 15.9. The highest BCUT2D eigenvalue weighted by Gasteiger charge is 2.37. The van der Waals surface area contributed by atoms with E-state index in [1.807, 2.05) is 25.7 Å². The Kier molecular flexibility index (Phi) is 5.07. The molecule has 0 aliphatic carbocycles. The molecular weight excluding hydrogens is 334 g/mol. The summed E-state index contributed by atoms with van der Waals surface area (Å²) in [7, 11) is 0. The Labute approximate surface area is 153 Å². The van der Waals surface area contributed by atoms with Crippen molar-refractivity contribution >= 4 is 17.8 Å². The first-order valence-corrected chi connectivity index (χ1v) is 9.30. The molecule has 0 aromatic carbocycles. The number of hydrogen-bond acceptors (Lipinski definition) is 4. The van der Waals surface area contributed by atoms with E-state index in [1.165, 1.54) is 6.92 Å². The van der Waals surface area contributed by atoms with E-state index in [1.54, 1.807) is 4.90 Å². The Morgan fingerprint density at radius 1 is 1.23 bits per heavy atom. The summed E-state index contributed by atoms with van der Waals surface area (Å²) in [6, 6.07) is 0.127. The number of carbonyl (C=O) groups excluding carboxylic acids is 3. The lowest BCUT2D eigenvalue weighted by Gasteiger charge is -2.35. The quantitative estimate of drug-likeness (QED) is 0.836. The minimum absolute atomic E-state index is 0.0169. The van der Waals surface area contributed by atoms with Crippen LogP contribution in [0.1, 0.15) is 65.2 Å². The fourth-order valence-corrected chi connectivity index (χ4v) is 4.08. The average molecular weight is 361 g/mol. The fraction of sp³-hybridized carbons (Fsp3) is 0.632. The van der Waals surface area contributed by atoms with Gasteiger partial charge in [0.25, 0.3) is 5.91 Å². The normalized spacial score (nSPS) is 21.2. The summed E-state index contributed by atoms with van der Waals surface area (Å²) in [5, 5.41) is 0. The molecule has 1 N–H and O–H groups in total. The predicted molar refractivity (Wildman–Crippen MR) is 96.5 cm³/mol. The zero-order valence-electron chi connectivity index (χ0n) is 15.9. The molecule has 3 heterocycles. The summed E-state index contributed by atoms with van der Waals surface area (Å²) < 4.78 is 5.34. The van der Waals surface area contributed by atoms with Gasteiger partial charge in [0.05, 0.1) is 6.54 Å². The van der Waals surface area contributed by atoms with Crippen molar-refractivity contribution in [2.24, 2.45) is 0 Å². The molecule has 1 aromatic heterocycles. The monoisotopic (exact) mass is 361 g/mol. The van der Waals surface area contributed by atoms with Crippen LogP contribution in [0, 0.1) is 13.8 Å². The van der Waals surface area contributed by atoms with Gasteiger partial charge in [0, 0.05) is 30.4 Å². The number of amides is 2. The lowest BCUT2D eigenvalue weighted by Crippen LogP contribution is -2.47. The molecule has 2 amide bonds. The number of Topliss-reactive ketones (excluding diaryl/α,β-unsaturated/α-hetero) is 1. The van der Waals surface area contributed by atoms with Crippen molar-refractivity contribution in [3.8, 4) is 0 Å². The average Bonchev–Trinajstić information content (AvgIpc) is 3.13. The van der Waals surface area contributed by atoms with E-state index >= 15 is 0 Å². The minimum atomic E-state index is -0.233. The molecule has 26 heavy (non-hydrogen) atoms. The second-order valence-electron chi connectivity index (χ2n) is 7.27. The second-order valence-corrected chi connectivity index (χ2v) is 7.27. The summed E-state index contributed by atoms with van der Waals surface area (Å²) >= 11 is 0. The van der Waals surface area contributed by atoms with Crippen molar-refractivity contribution in [1.29, 1.82) is 0 Å². The molecule has 0 bridgehead atoms. The van der Waals surface area contributed by atoms with Crippen LogP contribution in [0.5, 0.6) is 0 Å². The Morgan fingerprint density at radius 2 is 1.88 bits per heavy atom. The number of carbonyl (C=O) groups is 3. The molecule has 1 atom stereocenters. The molecule has 1 unspecified atom stereocenters. The summed E-state index contributed by atoms with van der Waals surface area (Å²) in [5.74, 6) is -0.112. The number of nitrogens with one attached hydrogen (secondary N) is 1. The number of aromatic amines is 1. The van der Waals surface area contributed by atoms with Gasteiger partial charge in [-0.3, -0.25) is 9.59 Å². The van der Waals surface area contributed by atoms with E-state index in [0.717, 1.165) is 30.5 Å². The van der Waals surface area contributed by atoms with Crippen molar-refractivity contribution < 1.29 is 19.1 Å². The van der Waals surface area contributed by atoms with Crippen LogP contribution in [0.4, 0.5) is 4.79 Å². The molecule has 1 aromatic rings. The third-order valence-electron chi connectivity index (χ3n) is 5.55. The molecule has 7 heteroatoms. The van der Waals surface area contributed by atoms with Crippen molar-refractivity contribution in [1.82, 2.24) is 14.8 Å². The van der Waals surface area contributed by atoms with Crippen LogP contribution in [0.25, 0.3) is 0 Å². The Morgan fingerprint density at radius 3 is 2.38 bits per heavy atom. The molecule has 0 radical (unpaired) electrons. The van der Waals surface area contributed by atoms with Gasteiger partial charge < -0.3 is 19.5 Å². The van der Waals surface area contributed by atoms with Gasteiger partial charge in [-0.05, 0) is 45.6 Å². The maximum Gasteiger partial charge on any atom is 0.410 e. The molecule has 3 rings (SSSR count). The Balaban J connectivity index is 1.65. The van der Waals surface area contributed by atoms with Gasteiger partial charge in [-0.1, -0.05) is 6.92 Å². The van der Waals surface area contributed by atoms with E-state index in [2.05, 4.69) is 4.98 Å². The first kappa shape index (κ1) is 18.5. The van der Waals surface area contributed by atoms with Crippen molar-refractivity contribution in [3.05, 3.63) is 22.5 Å². The third-order valence-corrected chi connectivity index (χ3v) is 5.55. The summed E-state index contributed by atoms with van der Waals surface area (Å²) in [4.78, 5) is 43.4. The molecule has 2 saturated heterocycles. The van der Waals surface area contributed by atoms with Gasteiger partial charge in [-0.25, -0.2) is 4.79 Å². The van der Waals surface area contributed by atoms with Crippen molar-refractivity contribution in [2.75, 3.05) is 19.6 Å². The van der Waals surface area contributed by atoms with Crippen LogP contribution < -0.4 is 0 Å². The SMILES string of the molecule is CCC1CN(C2CCN(C(=O)c3[nH]c(C)c(C(C)=O)c3C)CC2)C(=O)O1. The highest BCUT2D eigenvalue weighted by Crippen LogP contribution is 2.26. The van der Waals surface area contributed by atoms with Gasteiger partial charge in [-0.2, -0.15) is 0 Å². The van der Waals surface area contributed by atoms with E-state index < -0.39 is 0 Å². The lowest BCUT2D eigenvalue weighted by molar-refractivity contribution is 0.0652. The standard InChI is InChI=1S/C19H27N3O4/c1-5-15-10-22(19(25)26-15)14-6-8-21(9-7-14)18(24)17-11(2)16(13(4)23)12(3)20-17/h14-15,20H,5-10H2,1-4H3. The minimum Gasteiger partial charge on any atom is -0.444 e. The van der Waals surface area contributed by atoms with E-state index in [9.17, 15) is 14.4 Å². The molecular formula is C19H27N3O4. The molecule has 7 nitrogen and oxygen atoms in total. The highest BCUT2D eigenvalue weighted by atomic mass is 16.6. The van der Waals surface area contributed by atoms with Gasteiger partial charge >= 0.3 is 6.09 Å². The topological polar surface area (TPSA) is 82.7 Å².